The number of thiazole rings is 1. The molecule has 0 saturated heterocycles. The third-order valence-corrected chi connectivity index (χ3v) is 3.05. The number of hydrogen-bond donors (Lipinski definition) is 1. The Balaban J connectivity index is 2.13. The molecule has 0 unspecified atom stereocenters. The van der Waals surface area contributed by atoms with Crippen molar-refractivity contribution in [1.29, 1.82) is 0 Å². The van der Waals surface area contributed by atoms with Crippen molar-refractivity contribution in [3.8, 4) is 0 Å². The molecule has 0 fully saturated rings. The first kappa shape index (κ1) is 10.8. The molecule has 0 aliphatic carbocycles. The SMILES string of the molecule is Cc1cnc(C(=O)Nc2nc(C)c(C)s2)o1. The van der Waals surface area contributed by atoms with E-state index in [4.69, 9.17) is 4.42 Å². The number of aromatic nitrogens is 2. The maximum absolute atomic E-state index is 11.6. The summed E-state index contributed by atoms with van der Waals surface area (Å²) in [5, 5.41) is 3.21. The van der Waals surface area contributed by atoms with E-state index in [1.54, 1.807) is 6.92 Å². The van der Waals surface area contributed by atoms with E-state index in [0.29, 0.717) is 10.9 Å². The van der Waals surface area contributed by atoms with Gasteiger partial charge in [0.05, 0.1) is 11.9 Å². The fourth-order valence-electron chi connectivity index (χ4n) is 1.14. The molecule has 0 aromatic carbocycles. The molecule has 0 aliphatic rings. The third-order valence-electron chi connectivity index (χ3n) is 2.06. The largest absolute Gasteiger partial charge is 0.438 e. The number of nitrogens with one attached hydrogen (secondary N) is 1. The van der Waals surface area contributed by atoms with Gasteiger partial charge in [-0.1, -0.05) is 0 Å². The second-order valence-corrected chi connectivity index (χ2v) is 4.59. The first-order valence-electron chi connectivity index (χ1n) is 4.74. The van der Waals surface area contributed by atoms with Gasteiger partial charge in [-0.25, -0.2) is 9.97 Å². The highest BCUT2D eigenvalue weighted by Crippen LogP contribution is 2.21. The average molecular weight is 237 g/mol. The molecule has 2 aromatic rings. The van der Waals surface area contributed by atoms with Crippen molar-refractivity contribution < 1.29 is 9.21 Å². The third kappa shape index (κ3) is 2.11. The molecular weight excluding hydrogens is 226 g/mol. The number of carbonyl (C=O) groups excluding carboxylic acids is 1. The minimum atomic E-state index is -0.373. The molecule has 5 nitrogen and oxygen atoms in total. The molecule has 0 saturated carbocycles. The lowest BCUT2D eigenvalue weighted by Gasteiger charge is -1.95. The van der Waals surface area contributed by atoms with Crippen LogP contribution in [0.1, 0.15) is 27.0 Å². The Kier molecular flexibility index (Phi) is 2.74. The maximum atomic E-state index is 11.6. The molecule has 84 valence electrons. The summed E-state index contributed by atoms with van der Waals surface area (Å²) < 4.78 is 5.11. The van der Waals surface area contributed by atoms with Crippen LogP contribution in [0, 0.1) is 20.8 Å². The van der Waals surface area contributed by atoms with Gasteiger partial charge < -0.3 is 4.42 Å². The van der Waals surface area contributed by atoms with Gasteiger partial charge in [0.2, 0.25) is 0 Å². The Morgan fingerprint density at radius 1 is 1.44 bits per heavy atom. The highest BCUT2D eigenvalue weighted by molar-refractivity contribution is 7.15. The molecule has 0 bridgehead atoms. The smallest absolute Gasteiger partial charge is 0.313 e. The number of rotatable bonds is 2. The van der Waals surface area contributed by atoms with Crippen LogP contribution in [0.5, 0.6) is 0 Å². The number of nitrogens with zero attached hydrogens (tertiary/aromatic N) is 2. The molecule has 2 aromatic heterocycles. The first-order chi connectivity index (χ1) is 7.56. The van der Waals surface area contributed by atoms with Crippen LogP contribution in [-0.2, 0) is 0 Å². The highest BCUT2D eigenvalue weighted by Gasteiger charge is 2.14. The Labute approximate surface area is 96.5 Å². The summed E-state index contributed by atoms with van der Waals surface area (Å²) in [6, 6.07) is 0. The highest BCUT2D eigenvalue weighted by atomic mass is 32.1. The van der Waals surface area contributed by atoms with Gasteiger partial charge in [0.15, 0.2) is 5.13 Å². The summed E-state index contributed by atoms with van der Waals surface area (Å²) in [5.41, 5.74) is 0.920. The van der Waals surface area contributed by atoms with Crippen LogP contribution in [0.4, 0.5) is 5.13 Å². The topological polar surface area (TPSA) is 68.0 Å². The van der Waals surface area contributed by atoms with Crippen LogP contribution in [0.3, 0.4) is 0 Å². The zero-order chi connectivity index (χ0) is 11.7. The molecule has 16 heavy (non-hydrogen) atoms. The number of aryl methyl sites for hydroxylation is 3. The molecular formula is C10H11N3O2S. The summed E-state index contributed by atoms with van der Waals surface area (Å²) in [6.45, 7) is 5.59. The van der Waals surface area contributed by atoms with Crippen LogP contribution in [0.25, 0.3) is 0 Å². The van der Waals surface area contributed by atoms with Crippen molar-refractivity contribution in [3.05, 3.63) is 28.4 Å². The predicted octanol–water partition coefficient (Wildman–Crippen LogP) is 2.31. The maximum Gasteiger partial charge on any atom is 0.313 e. The summed E-state index contributed by atoms with van der Waals surface area (Å²) in [7, 11) is 0. The van der Waals surface area contributed by atoms with Crippen molar-refractivity contribution in [2.45, 2.75) is 20.8 Å². The fraction of sp³-hybridized carbons (Fsp3) is 0.300. The van der Waals surface area contributed by atoms with Crippen molar-refractivity contribution in [1.82, 2.24) is 9.97 Å². The number of oxazole rings is 1. The van der Waals surface area contributed by atoms with Crippen molar-refractivity contribution in [3.63, 3.8) is 0 Å². The molecule has 1 amide bonds. The lowest BCUT2D eigenvalue weighted by atomic mass is 10.4. The van der Waals surface area contributed by atoms with E-state index in [1.807, 2.05) is 13.8 Å². The van der Waals surface area contributed by atoms with Gasteiger partial charge in [-0.2, -0.15) is 0 Å². The van der Waals surface area contributed by atoms with Crippen molar-refractivity contribution >= 4 is 22.4 Å². The van der Waals surface area contributed by atoms with E-state index >= 15 is 0 Å². The Morgan fingerprint density at radius 3 is 2.69 bits per heavy atom. The van der Waals surface area contributed by atoms with Crippen LogP contribution >= 0.6 is 11.3 Å². The Bertz CT molecular complexity index is 510. The summed E-state index contributed by atoms with van der Waals surface area (Å²) in [4.78, 5) is 20.8. The summed E-state index contributed by atoms with van der Waals surface area (Å²) in [6.07, 6.45) is 1.51. The van der Waals surface area contributed by atoms with Crippen molar-refractivity contribution in [2.75, 3.05) is 5.32 Å². The molecule has 0 radical (unpaired) electrons. The van der Waals surface area contributed by atoms with Crippen LogP contribution < -0.4 is 5.32 Å². The first-order valence-corrected chi connectivity index (χ1v) is 5.55. The zero-order valence-electron chi connectivity index (χ0n) is 9.20. The molecule has 6 heteroatoms. The minimum Gasteiger partial charge on any atom is -0.438 e. The van der Waals surface area contributed by atoms with Crippen LogP contribution in [-0.4, -0.2) is 15.9 Å². The molecule has 2 heterocycles. The van der Waals surface area contributed by atoms with E-state index in [9.17, 15) is 4.79 Å². The van der Waals surface area contributed by atoms with Gasteiger partial charge in [0.1, 0.15) is 5.76 Å². The summed E-state index contributed by atoms with van der Waals surface area (Å²) >= 11 is 1.43. The lowest BCUT2D eigenvalue weighted by Crippen LogP contribution is -2.11. The number of amides is 1. The van der Waals surface area contributed by atoms with E-state index in [-0.39, 0.29) is 11.8 Å². The second kappa shape index (κ2) is 4.05. The van der Waals surface area contributed by atoms with Crippen molar-refractivity contribution in [2.24, 2.45) is 0 Å². The van der Waals surface area contributed by atoms with Gasteiger partial charge in [-0.3, -0.25) is 10.1 Å². The summed E-state index contributed by atoms with van der Waals surface area (Å²) in [5.74, 6) is 0.293. The van der Waals surface area contributed by atoms with E-state index in [2.05, 4.69) is 15.3 Å². The average Bonchev–Trinajstić information content (AvgIpc) is 2.75. The van der Waals surface area contributed by atoms with Gasteiger partial charge in [-0.15, -0.1) is 11.3 Å². The molecule has 1 N–H and O–H groups in total. The van der Waals surface area contributed by atoms with Gasteiger partial charge in [0, 0.05) is 4.88 Å². The minimum absolute atomic E-state index is 0.0583. The van der Waals surface area contributed by atoms with Crippen LogP contribution in [0.2, 0.25) is 0 Å². The predicted molar refractivity (Wildman–Crippen MR) is 60.8 cm³/mol. The number of carbonyl (C=O) groups is 1. The molecule has 0 spiro atoms. The molecule has 0 aliphatic heterocycles. The number of anilines is 1. The van der Waals surface area contributed by atoms with Gasteiger partial charge >= 0.3 is 5.91 Å². The Hall–Kier alpha value is -1.69. The molecule has 2 rings (SSSR count). The fourth-order valence-corrected chi connectivity index (χ4v) is 1.95. The van der Waals surface area contributed by atoms with E-state index in [0.717, 1.165) is 10.6 Å². The Morgan fingerprint density at radius 2 is 2.19 bits per heavy atom. The standard InChI is InChI=1S/C10H11N3O2S/c1-5-4-11-9(15-5)8(14)13-10-12-6(2)7(3)16-10/h4H,1-3H3,(H,12,13,14). The quantitative estimate of drug-likeness (QED) is 0.870. The van der Waals surface area contributed by atoms with Gasteiger partial charge in [-0.05, 0) is 20.8 Å². The zero-order valence-corrected chi connectivity index (χ0v) is 10.0. The monoisotopic (exact) mass is 237 g/mol. The number of hydrogen-bond acceptors (Lipinski definition) is 5. The lowest BCUT2D eigenvalue weighted by molar-refractivity contribution is 0.0989. The second-order valence-electron chi connectivity index (χ2n) is 3.39. The van der Waals surface area contributed by atoms with E-state index in [1.165, 1.54) is 17.5 Å². The van der Waals surface area contributed by atoms with Gasteiger partial charge in [0.25, 0.3) is 5.89 Å². The molecule has 0 atom stereocenters. The normalized spacial score (nSPS) is 10.4. The van der Waals surface area contributed by atoms with E-state index < -0.39 is 0 Å². The van der Waals surface area contributed by atoms with Crippen LogP contribution in [0.15, 0.2) is 10.6 Å².